The molecule has 0 saturated heterocycles. The minimum atomic E-state index is -1.55. The molecule has 29 heavy (non-hydrogen) atoms. The highest BCUT2D eigenvalue weighted by molar-refractivity contribution is 7.14. The van der Waals surface area contributed by atoms with E-state index in [1.54, 1.807) is 17.5 Å². The Morgan fingerprint density at radius 1 is 1.31 bits per heavy atom. The molecule has 0 bridgehead atoms. The van der Waals surface area contributed by atoms with Crippen molar-refractivity contribution in [3.63, 3.8) is 0 Å². The average molecular weight is 435 g/mol. The monoisotopic (exact) mass is 434 g/mol. The van der Waals surface area contributed by atoms with Gasteiger partial charge >= 0.3 is 12.0 Å². The molecule has 2 heterocycles. The van der Waals surface area contributed by atoms with Crippen LogP contribution in [-0.2, 0) is 6.54 Å². The number of aromatic amines is 1. The van der Waals surface area contributed by atoms with Crippen LogP contribution in [0, 0.1) is 6.92 Å². The zero-order chi connectivity index (χ0) is 21.1. The Balaban J connectivity index is 1.80. The minimum absolute atomic E-state index is 0.0857. The molecule has 11 heteroatoms. The number of amides is 2. The number of hydrogen-bond acceptors (Lipinski definition) is 6. The molecule has 150 valence electrons. The highest BCUT2D eigenvalue weighted by Crippen LogP contribution is 2.31. The predicted molar refractivity (Wildman–Crippen MR) is 109 cm³/mol. The van der Waals surface area contributed by atoms with Gasteiger partial charge in [0.15, 0.2) is 11.5 Å². The Labute approximate surface area is 173 Å². The van der Waals surface area contributed by atoms with Crippen molar-refractivity contribution >= 4 is 40.6 Å². The lowest BCUT2D eigenvalue weighted by Gasteiger charge is -2.11. The number of anilines is 1. The van der Waals surface area contributed by atoms with Crippen LogP contribution in [-0.4, -0.2) is 32.2 Å². The zero-order valence-corrected chi connectivity index (χ0v) is 16.5. The number of carboxylic acid groups (broad SMARTS) is 1. The molecule has 2 aromatic heterocycles. The van der Waals surface area contributed by atoms with E-state index in [1.807, 2.05) is 19.1 Å². The summed E-state index contributed by atoms with van der Waals surface area (Å²) in [5, 5.41) is 26.1. The molecule has 0 fully saturated rings. The molecule has 0 spiro atoms. The first-order valence-corrected chi connectivity index (χ1v) is 9.47. The fourth-order valence-electron chi connectivity index (χ4n) is 2.54. The number of aromatic carboxylic acids is 1. The van der Waals surface area contributed by atoms with Crippen molar-refractivity contribution in [2.75, 3.05) is 5.32 Å². The van der Waals surface area contributed by atoms with Crippen molar-refractivity contribution in [1.82, 2.24) is 15.3 Å². The Hall–Kier alpha value is -3.37. The Morgan fingerprint density at radius 2 is 2.07 bits per heavy atom. The van der Waals surface area contributed by atoms with Crippen LogP contribution in [0.2, 0.25) is 5.02 Å². The lowest BCUT2D eigenvalue weighted by Crippen LogP contribution is -2.28. The molecule has 5 N–H and O–H groups in total. The summed E-state index contributed by atoms with van der Waals surface area (Å²) in [6, 6.07) is 6.48. The Bertz CT molecular complexity index is 1140. The summed E-state index contributed by atoms with van der Waals surface area (Å²) >= 11 is 7.28. The predicted octanol–water partition coefficient (Wildman–Crippen LogP) is 3.19. The van der Waals surface area contributed by atoms with Crippen LogP contribution in [0.4, 0.5) is 10.5 Å². The van der Waals surface area contributed by atoms with E-state index in [0.29, 0.717) is 15.6 Å². The van der Waals surface area contributed by atoms with Crippen molar-refractivity contribution < 1.29 is 19.8 Å². The molecule has 9 nitrogen and oxygen atoms in total. The number of H-pyrrole nitrogens is 1. The standard InChI is InChI=1S/C18H15ClN4O5S/c1-8-3-2-4-10(19)9(8)7-20-18(28)21-11-5-6-29-14(11)15-22-12(17(26)27)13(24)16(25)23-15/h2-6,24H,7H2,1H3,(H,26,27)(H2,20,21,28)(H,22,23,25). The van der Waals surface area contributed by atoms with Gasteiger partial charge in [0.25, 0.3) is 5.56 Å². The van der Waals surface area contributed by atoms with Crippen LogP contribution < -0.4 is 16.2 Å². The molecule has 0 atom stereocenters. The summed E-state index contributed by atoms with van der Waals surface area (Å²) in [5.74, 6) is -2.62. The van der Waals surface area contributed by atoms with E-state index in [-0.39, 0.29) is 12.4 Å². The number of benzene rings is 1. The van der Waals surface area contributed by atoms with Crippen molar-refractivity contribution in [3.8, 4) is 16.5 Å². The second-order valence-corrected chi connectivity index (χ2v) is 7.25. The van der Waals surface area contributed by atoms with E-state index < -0.39 is 29.0 Å². The number of nitrogens with zero attached hydrogens (tertiary/aromatic N) is 1. The van der Waals surface area contributed by atoms with Gasteiger partial charge in [-0.25, -0.2) is 14.6 Å². The van der Waals surface area contributed by atoms with Gasteiger partial charge in [0, 0.05) is 11.6 Å². The first-order chi connectivity index (χ1) is 13.8. The number of aryl methyl sites for hydroxylation is 1. The van der Waals surface area contributed by atoms with Crippen molar-refractivity contribution in [1.29, 1.82) is 0 Å². The second kappa shape index (κ2) is 8.33. The fourth-order valence-corrected chi connectivity index (χ4v) is 3.62. The van der Waals surface area contributed by atoms with Crippen LogP contribution in [0.3, 0.4) is 0 Å². The first-order valence-electron chi connectivity index (χ1n) is 8.21. The molecule has 0 aliphatic heterocycles. The van der Waals surface area contributed by atoms with E-state index in [9.17, 15) is 19.5 Å². The quantitative estimate of drug-likeness (QED) is 0.417. The third-order valence-corrected chi connectivity index (χ3v) is 5.28. The topological polar surface area (TPSA) is 144 Å². The van der Waals surface area contributed by atoms with Crippen LogP contribution in [0.5, 0.6) is 5.75 Å². The number of carboxylic acids is 1. The van der Waals surface area contributed by atoms with Gasteiger partial charge in [0.1, 0.15) is 0 Å². The summed E-state index contributed by atoms with van der Waals surface area (Å²) in [6.07, 6.45) is 0. The van der Waals surface area contributed by atoms with Crippen molar-refractivity contribution in [3.05, 3.63) is 61.8 Å². The third kappa shape index (κ3) is 4.39. The van der Waals surface area contributed by atoms with Gasteiger partial charge in [-0.1, -0.05) is 23.7 Å². The second-order valence-electron chi connectivity index (χ2n) is 5.92. The van der Waals surface area contributed by atoms with E-state index in [2.05, 4.69) is 20.6 Å². The molecule has 0 aliphatic carbocycles. The number of halogens is 1. The smallest absolute Gasteiger partial charge is 0.358 e. The maximum Gasteiger partial charge on any atom is 0.358 e. The molecule has 2 amide bonds. The zero-order valence-electron chi connectivity index (χ0n) is 14.9. The summed E-state index contributed by atoms with van der Waals surface area (Å²) in [4.78, 5) is 41.7. The van der Waals surface area contributed by atoms with Crippen LogP contribution in [0.15, 0.2) is 34.4 Å². The van der Waals surface area contributed by atoms with Crippen LogP contribution in [0.25, 0.3) is 10.7 Å². The summed E-state index contributed by atoms with van der Waals surface area (Å²) < 4.78 is 0. The molecule has 0 saturated carbocycles. The van der Waals surface area contributed by atoms with Crippen molar-refractivity contribution in [2.45, 2.75) is 13.5 Å². The number of rotatable bonds is 5. The lowest BCUT2D eigenvalue weighted by atomic mass is 10.1. The van der Waals surface area contributed by atoms with Gasteiger partial charge in [-0.2, -0.15) is 0 Å². The molecule has 3 rings (SSSR count). The lowest BCUT2D eigenvalue weighted by molar-refractivity contribution is 0.0686. The molecule has 1 aromatic carbocycles. The normalized spacial score (nSPS) is 10.6. The summed E-state index contributed by atoms with van der Waals surface area (Å²) in [6.45, 7) is 2.08. The maximum absolute atomic E-state index is 12.3. The number of nitrogens with one attached hydrogen (secondary N) is 3. The number of hydrogen-bond donors (Lipinski definition) is 5. The largest absolute Gasteiger partial charge is 0.501 e. The van der Waals surface area contributed by atoms with Crippen LogP contribution >= 0.6 is 22.9 Å². The minimum Gasteiger partial charge on any atom is -0.501 e. The number of aromatic nitrogens is 2. The third-order valence-electron chi connectivity index (χ3n) is 4.00. The SMILES string of the molecule is Cc1cccc(Cl)c1CNC(=O)Nc1ccsc1-c1nc(C(=O)O)c(O)c(=O)[nH]1. The van der Waals surface area contributed by atoms with E-state index in [1.165, 1.54) is 0 Å². The summed E-state index contributed by atoms with van der Waals surface area (Å²) in [7, 11) is 0. The molecule has 0 aliphatic rings. The first kappa shape index (κ1) is 20.4. The average Bonchev–Trinajstić information content (AvgIpc) is 3.11. The molecule has 0 unspecified atom stereocenters. The van der Waals surface area contributed by atoms with Gasteiger partial charge in [-0.05, 0) is 35.6 Å². The fraction of sp³-hybridized carbons (Fsp3) is 0.111. The van der Waals surface area contributed by atoms with Crippen molar-refractivity contribution in [2.24, 2.45) is 0 Å². The highest BCUT2D eigenvalue weighted by Gasteiger charge is 2.20. The van der Waals surface area contributed by atoms with Gasteiger partial charge < -0.3 is 25.8 Å². The van der Waals surface area contributed by atoms with Gasteiger partial charge in [0.05, 0.1) is 10.6 Å². The number of urea groups is 1. The Morgan fingerprint density at radius 3 is 2.76 bits per heavy atom. The van der Waals surface area contributed by atoms with Gasteiger partial charge in [-0.15, -0.1) is 11.3 Å². The van der Waals surface area contributed by atoms with Gasteiger partial charge in [-0.3, -0.25) is 4.79 Å². The number of carbonyl (C=O) groups is 2. The molecule has 0 radical (unpaired) electrons. The Kier molecular flexibility index (Phi) is 5.85. The van der Waals surface area contributed by atoms with E-state index in [4.69, 9.17) is 16.7 Å². The van der Waals surface area contributed by atoms with E-state index in [0.717, 1.165) is 22.5 Å². The van der Waals surface area contributed by atoms with Gasteiger partial charge in [0.2, 0.25) is 5.75 Å². The molecular formula is C18H15ClN4O5S. The summed E-state index contributed by atoms with van der Waals surface area (Å²) in [5.41, 5.74) is 0.257. The number of aromatic hydroxyl groups is 1. The molecule has 3 aromatic rings. The highest BCUT2D eigenvalue weighted by atomic mass is 35.5. The van der Waals surface area contributed by atoms with Crippen LogP contribution in [0.1, 0.15) is 21.6 Å². The maximum atomic E-state index is 12.3. The van der Waals surface area contributed by atoms with E-state index >= 15 is 0 Å². The number of thiophene rings is 1. The molecular weight excluding hydrogens is 420 g/mol. The number of carbonyl (C=O) groups excluding carboxylic acids is 1.